The third kappa shape index (κ3) is 2.76. The molecule has 1 heterocycles. The predicted molar refractivity (Wildman–Crippen MR) is 56.1 cm³/mol. The molecule has 2 rings (SSSR count). The summed E-state index contributed by atoms with van der Waals surface area (Å²) in [6, 6.07) is 7.43. The third-order valence-corrected chi connectivity index (χ3v) is 2.27. The van der Waals surface area contributed by atoms with Crippen LogP contribution in [0.3, 0.4) is 0 Å². The minimum atomic E-state index is -4.15. The Labute approximate surface area is 90.5 Å². The van der Waals surface area contributed by atoms with Crippen molar-refractivity contribution in [3.8, 4) is 0 Å². The fourth-order valence-electron chi connectivity index (χ4n) is 1.56. The van der Waals surface area contributed by atoms with E-state index in [1.165, 1.54) is 0 Å². The summed E-state index contributed by atoms with van der Waals surface area (Å²) in [6.45, 7) is -0.737. The molecule has 0 aliphatic rings. The molecule has 0 aliphatic heterocycles. The van der Waals surface area contributed by atoms with Gasteiger partial charge in [0.25, 0.3) is 0 Å². The molecule has 5 heteroatoms. The van der Waals surface area contributed by atoms with Crippen molar-refractivity contribution in [3.63, 3.8) is 0 Å². The summed E-state index contributed by atoms with van der Waals surface area (Å²) >= 11 is 0. The van der Waals surface area contributed by atoms with E-state index in [2.05, 4.69) is 10.3 Å². The quantitative estimate of drug-likeness (QED) is 0.830. The number of alkyl halides is 3. The number of aromatic nitrogens is 1. The molecule has 86 valence electrons. The summed E-state index contributed by atoms with van der Waals surface area (Å²) in [5.74, 6) is 0. The lowest BCUT2D eigenvalue weighted by Crippen LogP contribution is -2.28. The SMILES string of the molecule is FC(F)(F)CNCc1ccc2[nH]ccc2c1. The molecule has 0 bridgehead atoms. The molecule has 2 N–H and O–H groups in total. The summed E-state index contributed by atoms with van der Waals surface area (Å²) in [5, 5.41) is 3.37. The van der Waals surface area contributed by atoms with E-state index < -0.39 is 12.7 Å². The molecule has 16 heavy (non-hydrogen) atoms. The summed E-state index contributed by atoms with van der Waals surface area (Å²) in [4.78, 5) is 3.03. The molecule has 0 aliphatic carbocycles. The van der Waals surface area contributed by atoms with Crippen LogP contribution in [0.2, 0.25) is 0 Å². The Hall–Kier alpha value is -1.49. The zero-order valence-corrected chi connectivity index (χ0v) is 8.43. The normalized spacial score (nSPS) is 12.2. The van der Waals surface area contributed by atoms with Gasteiger partial charge in [0.15, 0.2) is 0 Å². The summed E-state index contributed by atoms with van der Waals surface area (Å²) in [5.41, 5.74) is 1.83. The van der Waals surface area contributed by atoms with Crippen LogP contribution in [0.1, 0.15) is 5.56 Å². The molecule has 0 radical (unpaired) electrons. The summed E-state index contributed by atoms with van der Waals surface area (Å²) in [7, 11) is 0. The molecule has 2 aromatic rings. The second kappa shape index (κ2) is 4.17. The highest BCUT2D eigenvalue weighted by molar-refractivity contribution is 5.79. The zero-order valence-electron chi connectivity index (χ0n) is 8.43. The Morgan fingerprint density at radius 2 is 2.00 bits per heavy atom. The number of hydrogen-bond acceptors (Lipinski definition) is 1. The van der Waals surface area contributed by atoms with Crippen LogP contribution in [0.25, 0.3) is 10.9 Å². The van der Waals surface area contributed by atoms with Gasteiger partial charge >= 0.3 is 6.18 Å². The van der Waals surface area contributed by atoms with Gasteiger partial charge in [-0.25, -0.2) is 0 Å². The lowest BCUT2D eigenvalue weighted by Gasteiger charge is -2.08. The number of hydrogen-bond donors (Lipinski definition) is 2. The van der Waals surface area contributed by atoms with E-state index in [1.54, 1.807) is 6.20 Å². The number of H-pyrrole nitrogens is 1. The van der Waals surface area contributed by atoms with E-state index >= 15 is 0 Å². The average molecular weight is 228 g/mol. The molecule has 0 spiro atoms. The van der Waals surface area contributed by atoms with Crippen LogP contribution in [-0.4, -0.2) is 17.7 Å². The van der Waals surface area contributed by atoms with E-state index in [0.717, 1.165) is 16.5 Å². The lowest BCUT2D eigenvalue weighted by atomic mass is 10.1. The number of aromatic amines is 1. The maximum absolute atomic E-state index is 11.9. The van der Waals surface area contributed by atoms with Crippen LogP contribution in [0, 0.1) is 0 Å². The number of rotatable bonds is 3. The van der Waals surface area contributed by atoms with Gasteiger partial charge in [0.1, 0.15) is 0 Å². The number of nitrogens with one attached hydrogen (secondary N) is 2. The van der Waals surface area contributed by atoms with Crippen molar-refractivity contribution < 1.29 is 13.2 Å². The molecular weight excluding hydrogens is 217 g/mol. The topological polar surface area (TPSA) is 27.8 Å². The first-order valence-corrected chi connectivity index (χ1v) is 4.88. The molecule has 0 atom stereocenters. The van der Waals surface area contributed by atoms with Crippen molar-refractivity contribution in [2.45, 2.75) is 12.7 Å². The monoisotopic (exact) mass is 228 g/mol. The summed E-state index contributed by atoms with van der Waals surface area (Å²) < 4.78 is 35.7. The van der Waals surface area contributed by atoms with Crippen molar-refractivity contribution in [2.75, 3.05) is 6.54 Å². The van der Waals surface area contributed by atoms with Crippen molar-refractivity contribution in [2.24, 2.45) is 0 Å². The van der Waals surface area contributed by atoms with Crippen molar-refractivity contribution in [3.05, 3.63) is 36.0 Å². The van der Waals surface area contributed by atoms with Crippen LogP contribution in [0.5, 0.6) is 0 Å². The molecule has 0 amide bonds. The van der Waals surface area contributed by atoms with E-state index in [-0.39, 0.29) is 6.54 Å². The van der Waals surface area contributed by atoms with Crippen molar-refractivity contribution in [1.82, 2.24) is 10.3 Å². The Kier molecular flexibility index (Phi) is 2.87. The molecule has 0 saturated heterocycles. The van der Waals surface area contributed by atoms with Crippen molar-refractivity contribution in [1.29, 1.82) is 0 Å². The first kappa shape index (κ1) is 11.0. The minimum Gasteiger partial charge on any atom is -0.361 e. The fraction of sp³-hybridized carbons (Fsp3) is 0.273. The Bertz CT molecular complexity index is 473. The van der Waals surface area contributed by atoms with Gasteiger partial charge in [-0.15, -0.1) is 0 Å². The van der Waals surface area contributed by atoms with Gasteiger partial charge in [-0.05, 0) is 29.1 Å². The summed E-state index contributed by atoms with van der Waals surface area (Å²) in [6.07, 6.45) is -2.35. The van der Waals surface area contributed by atoms with Gasteiger partial charge in [0.2, 0.25) is 0 Å². The maximum Gasteiger partial charge on any atom is 0.401 e. The largest absolute Gasteiger partial charge is 0.401 e. The van der Waals surface area contributed by atoms with Crippen LogP contribution >= 0.6 is 0 Å². The molecule has 0 fully saturated rings. The second-order valence-corrected chi connectivity index (χ2v) is 3.62. The smallest absolute Gasteiger partial charge is 0.361 e. The minimum absolute atomic E-state index is 0.223. The zero-order chi connectivity index (χ0) is 11.6. The van der Waals surface area contributed by atoms with Crippen LogP contribution in [-0.2, 0) is 6.54 Å². The van der Waals surface area contributed by atoms with E-state index in [0.29, 0.717) is 0 Å². The second-order valence-electron chi connectivity index (χ2n) is 3.62. The first-order valence-electron chi connectivity index (χ1n) is 4.88. The Morgan fingerprint density at radius 3 is 2.75 bits per heavy atom. The highest BCUT2D eigenvalue weighted by atomic mass is 19.4. The number of halogens is 3. The van der Waals surface area contributed by atoms with E-state index in [1.807, 2.05) is 24.3 Å². The van der Waals surface area contributed by atoms with Gasteiger partial charge in [0, 0.05) is 18.3 Å². The Morgan fingerprint density at radius 1 is 1.19 bits per heavy atom. The van der Waals surface area contributed by atoms with Gasteiger partial charge in [0.05, 0.1) is 6.54 Å². The number of benzene rings is 1. The average Bonchev–Trinajstić information content (AvgIpc) is 2.62. The highest BCUT2D eigenvalue weighted by Crippen LogP contribution is 2.15. The van der Waals surface area contributed by atoms with Crippen LogP contribution in [0.4, 0.5) is 13.2 Å². The molecule has 1 aromatic carbocycles. The van der Waals surface area contributed by atoms with Crippen LogP contribution < -0.4 is 5.32 Å². The van der Waals surface area contributed by atoms with Gasteiger partial charge in [-0.2, -0.15) is 13.2 Å². The Balaban J connectivity index is 1.99. The fourth-order valence-corrected chi connectivity index (χ4v) is 1.56. The van der Waals surface area contributed by atoms with Gasteiger partial charge in [-0.3, -0.25) is 0 Å². The standard InChI is InChI=1S/C11H11F3N2/c12-11(13,14)7-15-6-8-1-2-10-9(5-8)3-4-16-10/h1-5,15-16H,6-7H2. The van der Waals surface area contributed by atoms with Gasteiger partial charge in [-0.1, -0.05) is 6.07 Å². The maximum atomic E-state index is 11.9. The highest BCUT2D eigenvalue weighted by Gasteiger charge is 2.25. The molecular formula is C11H11F3N2. The molecule has 0 saturated carbocycles. The van der Waals surface area contributed by atoms with Gasteiger partial charge < -0.3 is 10.3 Å². The van der Waals surface area contributed by atoms with Crippen molar-refractivity contribution >= 4 is 10.9 Å². The molecule has 0 unspecified atom stereocenters. The van der Waals surface area contributed by atoms with E-state index in [9.17, 15) is 13.2 Å². The van der Waals surface area contributed by atoms with E-state index in [4.69, 9.17) is 0 Å². The third-order valence-electron chi connectivity index (χ3n) is 2.27. The molecule has 2 nitrogen and oxygen atoms in total. The van der Waals surface area contributed by atoms with Crippen LogP contribution in [0.15, 0.2) is 30.5 Å². The first-order chi connectivity index (χ1) is 7.54. The predicted octanol–water partition coefficient (Wildman–Crippen LogP) is 2.82. The number of fused-ring (bicyclic) bond motifs is 1. The molecule has 1 aromatic heterocycles. The lowest BCUT2D eigenvalue weighted by molar-refractivity contribution is -0.125.